The number of ether oxygens (including phenoxy) is 3. The maximum atomic E-state index is 12.7. The van der Waals surface area contributed by atoms with E-state index in [0.29, 0.717) is 29.4 Å². The van der Waals surface area contributed by atoms with Crippen LogP contribution in [-0.2, 0) is 6.54 Å². The highest BCUT2D eigenvalue weighted by Gasteiger charge is 2.23. The first-order valence-corrected chi connectivity index (χ1v) is 7.06. The quantitative estimate of drug-likeness (QED) is 0.819. The largest absolute Gasteiger partial charge is 0.493 e. The van der Waals surface area contributed by atoms with Gasteiger partial charge < -0.3 is 19.1 Å². The number of hydrogen-bond acceptors (Lipinski definition) is 5. The van der Waals surface area contributed by atoms with Gasteiger partial charge in [0.1, 0.15) is 0 Å². The predicted molar refractivity (Wildman–Crippen MR) is 86.1 cm³/mol. The second-order valence-electron chi connectivity index (χ2n) is 4.86. The van der Waals surface area contributed by atoms with Crippen LogP contribution in [0.1, 0.15) is 16.1 Å². The van der Waals surface area contributed by atoms with Gasteiger partial charge in [-0.05, 0) is 24.3 Å². The Morgan fingerprint density at radius 3 is 2.35 bits per heavy atom. The van der Waals surface area contributed by atoms with Gasteiger partial charge in [-0.3, -0.25) is 9.78 Å². The lowest BCUT2D eigenvalue weighted by molar-refractivity contribution is 0.0779. The van der Waals surface area contributed by atoms with E-state index in [-0.39, 0.29) is 5.91 Å². The highest BCUT2D eigenvalue weighted by Crippen LogP contribution is 2.40. The number of carbonyl (C=O) groups excluding carboxylic acids is 1. The smallest absolute Gasteiger partial charge is 0.257 e. The number of aromatic nitrogens is 1. The molecule has 2 rings (SSSR count). The molecule has 0 N–H and O–H groups in total. The van der Waals surface area contributed by atoms with E-state index in [0.717, 1.165) is 5.69 Å². The molecule has 0 fully saturated rings. The molecule has 1 heterocycles. The second kappa shape index (κ2) is 7.49. The molecule has 1 amide bonds. The molecule has 122 valence electrons. The van der Waals surface area contributed by atoms with Gasteiger partial charge in [0.2, 0.25) is 5.75 Å². The van der Waals surface area contributed by atoms with E-state index in [1.54, 1.807) is 30.3 Å². The zero-order valence-corrected chi connectivity index (χ0v) is 13.7. The van der Waals surface area contributed by atoms with Crippen LogP contribution in [0.3, 0.4) is 0 Å². The average Bonchev–Trinajstić information content (AvgIpc) is 2.60. The molecule has 23 heavy (non-hydrogen) atoms. The van der Waals surface area contributed by atoms with Crippen LogP contribution >= 0.6 is 0 Å². The molecular formula is C17H20N2O4. The summed E-state index contributed by atoms with van der Waals surface area (Å²) in [5, 5.41) is 0. The van der Waals surface area contributed by atoms with Gasteiger partial charge in [-0.25, -0.2) is 0 Å². The fourth-order valence-corrected chi connectivity index (χ4v) is 2.28. The third kappa shape index (κ3) is 3.53. The number of nitrogens with zero attached hydrogens (tertiary/aromatic N) is 2. The van der Waals surface area contributed by atoms with Gasteiger partial charge in [0.25, 0.3) is 5.91 Å². The van der Waals surface area contributed by atoms with Gasteiger partial charge in [0.05, 0.1) is 39.1 Å². The SMILES string of the molecule is COc1ccc(C(=O)N(C)Cc2ccccn2)c(OC)c1OC. The van der Waals surface area contributed by atoms with Crippen LogP contribution in [0.5, 0.6) is 17.2 Å². The molecule has 6 nitrogen and oxygen atoms in total. The fourth-order valence-electron chi connectivity index (χ4n) is 2.28. The molecule has 0 bridgehead atoms. The summed E-state index contributed by atoms with van der Waals surface area (Å²) in [7, 11) is 6.25. The van der Waals surface area contributed by atoms with Crippen LogP contribution in [0.2, 0.25) is 0 Å². The number of amides is 1. The molecule has 0 saturated carbocycles. The van der Waals surface area contributed by atoms with E-state index in [1.807, 2.05) is 18.2 Å². The first-order valence-electron chi connectivity index (χ1n) is 7.06. The Morgan fingerprint density at radius 1 is 1.04 bits per heavy atom. The molecule has 6 heteroatoms. The van der Waals surface area contributed by atoms with E-state index in [2.05, 4.69) is 4.98 Å². The van der Waals surface area contributed by atoms with Crippen molar-refractivity contribution in [2.24, 2.45) is 0 Å². The molecule has 0 aliphatic carbocycles. The predicted octanol–water partition coefficient (Wildman–Crippen LogP) is 2.38. The van der Waals surface area contributed by atoms with Crippen LogP contribution in [0.4, 0.5) is 0 Å². The monoisotopic (exact) mass is 316 g/mol. The molecule has 0 radical (unpaired) electrons. The fraction of sp³-hybridized carbons (Fsp3) is 0.294. The molecule has 0 spiro atoms. The molecule has 2 aromatic rings. The lowest BCUT2D eigenvalue weighted by atomic mass is 10.1. The highest BCUT2D eigenvalue weighted by atomic mass is 16.5. The number of carbonyl (C=O) groups is 1. The Morgan fingerprint density at radius 2 is 1.78 bits per heavy atom. The lowest BCUT2D eigenvalue weighted by Crippen LogP contribution is -2.27. The van der Waals surface area contributed by atoms with Crippen LogP contribution in [-0.4, -0.2) is 44.2 Å². The molecule has 1 aromatic heterocycles. The Bertz CT molecular complexity index is 674. The molecule has 0 saturated heterocycles. The van der Waals surface area contributed by atoms with E-state index < -0.39 is 0 Å². The Labute approximate surface area is 135 Å². The summed E-state index contributed by atoms with van der Waals surface area (Å²) in [6.45, 7) is 0.400. The van der Waals surface area contributed by atoms with Gasteiger partial charge in [0, 0.05) is 13.2 Å². The topological polar surface area (TPSA) is 60.9 Å². The van der Waals surface area contributed by atoms with E-state index in [9.17, 15) is 4.79 Å². The Hall–Kier alpha value is -2.76. The maximum Gasteiger partial charge on any atom is 0.257 e. The third-order valence-electron chi connectivity index (χ3n) is 3.41. The second-order valence-corrected chi connectivity index (χ2v) is 4.86. The highest BCUT2D eigenvalue weighted by molar-refractivity contribution is 5.98. The summed E-state index contributed by atoms with van der Waals surface area (Å²) in [5.74, 6) is 1.07. The maximum absolute atomic E-state index is 12.7. The minimum atomic E-state index is -0.187. The minimum Gasteiger partial charge on any atom is -0.493 e. The van der Waals surface area contributed by atoms with Crippen LogP contribution < -0.4 is 14.2 Å². The molecule has 0 aliphatic rings. The average molecular weight is 316 g/mol. The lowest BCUT2D eigenvalue weighted by Gasteiger charge is -2.20. The molecule has 0 unspecified atom stereocenters. The first kappa shape index (κ1) is 16.6. The summed E-state index contributed by atoms with van der Waals surface area (Å²) < 4.78 is 15.9. The molecular weight excluding hydrogens is 296 g/mol. The number of rotatable bonds is 6. The Balaban J connectivity index is 2.31. The van der Waals surface area contributed by atoms with Crippen molar-refractivity contribution >= 4 is 5.91 Å². The van der Waals surface area contributed by atoms with E-state index in [1.165, 1.54) is 21.3 Å². The summed E-state index contributed by atoms with van der Waals surface area (Å²) in [4.78, 5) is 18.5. The van der Waals surface area contributed by atoms with Gasteiger partial charge >= 0.3 is 0 Å². The van der Waals surface area contributed by atoms with Crippen LogP contribution in [0, 0.1) is 0 Å². The summed E-state index contributed by atoms with van der Waals surface area (Å²) >= 11 is 0. The van der Waals surface area contributed by atoms with Gasteiger partial charge in [-0.15, -0.1) is 0 Å². The summed E-state index contributed by atoms with van der Waals surface area (Å²) in [5.41, 5.74) is 1.21. The van der Waals surface area contributed by atoms with Gasteiger partial charge in [-0.2, -0.15) is 0 Å². The standard InChI is InChI=1S/C17H20N2O4/c1-19(11-12-7-5-6-10-18-12)17(20)13-8-9-14(21-2)16(23-4)15(13)22-3/h5-10H,11H2,1-4H3. The number of pyridine rings is 1. The Kier molecular flexibility index (Phi) is 5.41. The normalized spacial score (nSPS) is 10.1. The minimum absolute atomic E-state index is 0.187. The number of hydrogen-bond donors (Lipinski definition) is 0. The summed E-state index contributed by atoms with van der Waals surface area (Å²) in [6, 6.07) is 8.94. The van der Waals surface area contributed by atoms with Crippen molar-refractivity contribution in [3.05, 3.63) is 47.8 Å². The molecule has 0 atom stereocenters. The van der Waals surface area contributed by atoms with Crippen molar-refractivity contribution in [2.45, 2.75) is 6.54 Å². The zero-order chi connectivity index (χ0) is 16.8. The van der Waals surface area contributed by atoms with Crippen molar-refractivity contribution in [3.8, 4) is 17.2 Å². The van der Waals surface area contributed by atoms with Crippen molar-refractivity contribution in [3.63, 3.8) is 0 Å². The van der Waals surface area contributed by atoms with Crippen LogP contribution in [0.25, 0.3) is 0 Å². The van der Waals surface area contributed by atoms with E-state index in [4.69, 9.17) is 14.2 Å². The molecule has 0 aliphatic heterocycles. The van der Waals surface area contributed by atoms with E-state index >= 15 is 0 Å². The van der Waals surface area contributed by atoms with Crippen molar-refractivity contribution < 1.29 is 19.0 Å². The summed E-state index contributed by atoms with van der Waals surface area (Å²) in [6.07, 6.45) is 1.70. The van der Waals surface area contributed by atoms with Crippen molar-refractivity contribution in [1.82, 2.24) is 9.88 Å². The van der Waals surface area contributed by atoms with Crippen molar-refractivity contribution in [2.75, 3.05) is 28.4 Å². The first-order chi connectivity index (χ1) is 11.1. The van der Waals surface area contributed by atoms with Gasteiger partial charge in [0.15, 0.2) is 11.5 Å². The molecule has 1 aromatic carbocycles. The van der Waals surface area contributed by atoms with Gasteiger partial charge in [-0.1, -0.05) is 6.07 Å². The number of benzene rings is 1. The third-order valence-corrected chi connectivity index (χ3v) is 3.41. The number of methoxy groups -OCH3 is 3. The van der Waals surface area contributed by atoms with Crippen LogP contribution in [0.15, 0.2) is 36.5 Å². The van der Waals surface area contributed by atoms with Crippen molar-refractivity contribution in [1.29, 1.82) is 0 Å². The zero-order valence-electron chi connectivity index (χ0n) is 13.7.